The van der Waals surface area contributed by atoms with Crippen LogP contribution in [0.2, 0.25) is 0 Å². The van der Waals surface area contributed by atoms with Gasteiger partial charge in [0.05, 0.1) is 0 Å². The molecule has 2 aromatic carbocycles. The Hall–Kier alpha value is -1.82. The predicted octanol–water partition coefficient (Wildman–Crippen LogP) is 5.46. The second kappa shape index (κ2) is 5.44. The smallest absolute Gasteiger partial charge is 0.000751 e. The van der Waals surface area contributed by atoms with E-state index in [2.05, 4.69) is 61.5 Å². The highest BCUT2D eigenvalue weighted by molar-refractivity contribution is 5.80. The summed E-state index contributed by atoms with van der Waals surface area (Å²) in [5.41, 5.74) is 7.20. The molecule has 19 heavy (non-hydrogen) atoms. The van der Waals surface area contributed by atoms with Gasteiger partial charge in [-0.25, -0.2) is 0 Å². The molecule has 0 saturated carbocycles. The van der Waals surface area contributed by atoms with Gasteiger partial charge in [-0.15, -0.1) is 0 Å². The van der Waals surface area contributed by atoms with Crippen molar-refractivity contribution in [3.63, 3.8) is 0 Å². The van der Waals surface area contributed by atoms with Crippen molar-refractivity contribution in [3.8, 4) is 11.1 Å². The van der Waals surface area contributed by atoms with Gasteiger partial charge in [-0.05, 0) is 40.7 Å². The number of rotatable bonds is 4. The first-order valence-electron chi connectivity index (χ1n) is 7.27. The summed E-state index contributed by atoms with van der Waals surface area (Å²) in [5, 5.41) is 0. The maximum Gasteiger partial charge on any atom is -0.000751 e. The monoisotopic (exact) mass is 248 g/mol. The Kier molecular flexibility index (Phi) is 3.50. The summed E-state index contributed by atoms with van der Waals surface area (Å²) < 4.78 is 0. The fourth-order valence-electron chi connectivity index (χ4n) is 2.87. The molecule has 0 spiro atoms. The number of hydrogen-bond acceptors (Lipinski definition) is 0. The lowest BCUT2D eigenvalue weighted by atomic mass is 10.0. The van der Waals surface area contributed by atoms with Crippen LogP contribution < -0.4 is 0 Å². The van der Waals surface area contributed by atoms with Crippen molar-refractivity contribution in [1.82, 2.24) is 0 Å². The molecule has 0 aliphatic heterocycles. The summed E-state index contributed by atoms with van der Waals surface area (Å²) in [6.45, 7) is 2.24. The molecular weight excluding hydrogens is 228 g/mol. The highest BCUT2D eigenvalue weighted by atomic mass is 14.2. The first kappa shape index (κ1) is 12.2. The minimum Gasteiger partial charge on any atom is -0.0839 e. The molecular formula is C19H20. The molecule has 0 atom stereocenters. The van der Waals surface area contributed by atoms with Crippen molar-refractivity contribution < 1.29 is 0 Å². The van der Waals surface area contributed by atoms with Crippen LogP contribution in [0.1, 0.15) is 42.9 Å². The van der Waals surface area contributed by atoms with Crippen LogP contribution in [0.15, 0.2) is 48.5 Å². The summed E-state index contributed by atoms with van der Waals surface area (Å²) in [7, 11) is 0. The van der Waals surface area contributed by atoms with Crippen LogP contribution in [0, 0.1) is 0 Å². The van der Waals surface area contributed by atoms with Crippen LogP contribution in [0.25, 0.3) is 17.2 Å². The van der Waals surface area contributed by atoms with Gasteiger partial charge in [-0.1, -0.05) is 74.4 Å². The second-order valence-corrected chi connectivity index (χ2v) is 5.25. The van der Waals surface area contributed by atoms with Crippen LogP contribution in [0.3, 0.4) is 0 Å². The molecule has 0 aromatic heterocycles. The van der Waals surface area contributed by atoms with E-state index in [1.165, 1.54) is 47.1 Å². The Morgan fingerprint density at radius 2 is 1.84 bits per heavy atom. The highest BCUT2D eigenvalue weighted by Gasteiger charge is 2.18. The normalized spacial score (nSPS) is 12.7. The molecule has 0 N–H and O–H groups in total. The molecule has 0 heteroatoms. The third-order valence-electron chi connectivity index (χ3n) is 3.91. The van der Waals surface area contributed by atoms with E-state index in [0.717, 1.165) is 6.42 Å². The van der Waals surface area contributed by atoms with E-state index >= 15 is 0 Å². The summed E-state index contributed by atoms with van der Waals surface area (Å²) >= 11 is 0. The molecule has 0 bridgehead atoms. The van der Waals surface area contributed by atoms with Gasteiger partial charge in [0.1, 0.15) is 0 Å². The van der Waals surface area contributed by atoms with Crippen molar-refractivity contribution in [2.75, 3.05) is 0 Å². The van der Waals surface area contributed by atoms with Crippen molar-refractivity contribution in [1.29, 1.82) is 0 Å². The molecule has 2 aromatic rings. The molecule has 0 fully saturated rings. The summed E-state index contributed by atoms with van der Waals surface area (Å²) in [6, 6.07) is 15.4. The Morgan fingerprint density at radius 3 is 2.74 bits per heavy atom. The zero-order valence-corrected chi connectivity index (χ0v) is 11.5. The summed E-state index contributed by atoms with van der Waals surface area (Å²) in [6.07, 6.45) is 9.45. The Balaban J connectivity index is 1.92. The van der Waals surface area contributed by atoms with Gasteiger partial charge in [-0.3, -0.25) is 0 Å². The minimum absolute atomic E-state index is 1.08. The topological polar surface area (TPSA) is 0 Å². The first-order valence-corrected chi connectivity index (χ1v) is 7.27. The SMILES string of the molecule is CCCCC=Cc1cccc2c1Cc1ccccc1-2. The molecule has 1 aliphatic carbocycles. The van der Waals surface area contributed by atoms with Gasteiger partial charge in [0.15, 0.2) is 0 Å². The third-order valence-corrected chi connectivity index (χ3v) is 3.91. The number of unbranched alkanes of at least 4 members (excludes halogenated alkanes) is 2. The van der Waals surface area contributed by atoms with Crippen molar-refractivity contribution >= 4 is 6.08 Å². The lowest BCUT2D eigenvalue weighted by Gasteiger charge is -2.04. The zero-order chi connectivity index (χ0) is 13.1. The van der Waals surface area contributed by atoms with Crippen LogP contribution in [-0.4, -0.2) is 0 Å². The Labute approximate surface area is 115 Å². The van der Waals surface area contributed by atoms with Gasteiger partial charge in [-0.2, -0.15) is 0 Å². The number of fused-ring (bicyclic) bond motifs is 3. The van der Waals surface area contributed by atoms with Gasteiger partial charge in [0, 0.05) is 0 Å². The number of allylic oxidation sites excluding steroid dienone is 1. The lowest BCUT2D eigenvalue weighted by Crippen LogP contribution is -1.85. The molecule has 96 valence electrons. The zero-order valence-electron chi connectivity index (χ0n) is 11.5. The lowest BCUT2D eigenvalue weighted by molar-refractivity contribution is 0.816. The van der Waals surface area contributed by atoms with E-state index in [-0.39, 0.29) is 0 Å². The molecule has 0 unspecified atom stereocenters. The van der Waals surface area contributed by atoms with E-state index < -0.39 is 0 Å². The van der Waals surface area contributed by atoms with E-state index in [1.54, 1.807) is 0 Å². The van der Waals surface area contributed by atoms with E-state index in [4.69, 9.17) is 0 Å². The summed E-state index contributed by atoms with van der Waals surface area (Å²) in [5.74, 6) is 0. The van der Waals surface area contributed by atoms with Gasteiger partial charge in [0.25, 0.3) is 0 Å². The largest absolute Gasteiger partial charge is 0.0839 e. The van der Waals surface area contributed by atoms with E-state index in [9.17, 15) is 0 Å². The minimum atomic E-state index is 1.08. The average Bonchev–Trinajstić information content (AvgIpc) is 2.83. The molecule has 0 amide bonds. The average molecular weight is 248 g/mol. The maximum atomic E-state index is 2.32. The standard InChI is InChI=1S/C19H20/c1-2-3-4-5-9-15-11-8-13-18-17-12-7-6-10-16(17)14-19(15)18/h5-13H,2-4,14H2,1H3. The second-order valence-electron chi connectivity index (χ2n) is 5.25. The molecule has 1 aliphatic rings. The maximum absolute atomic E-state index is 2.32. The van der Waals surface area contributed by atoms with Crippen LogP contribution in [0.4, 0.5) is 0 Å². The summed E-state index contributed by atoms with van der Waals surface area (Å²) in [4.78, 5) is 0. The quantitative estimate of drug-likeness (QED) is 0.538. The third kappa shape index (κ3) is 2.35. The van der Waals surface area contributed by atoms with E-state index in [1.807, 2.05) is 0 Å². The molecule has 0 heterocycles. The van der Waals surface area contributed by atoms with Crippen molar-refractivity contribution in [2.24, 2.45) is 0 Å². The molecule has 0 saturated heterocycles. The van der Waals surface area contributed by atoms with Crippen LogP contribution in [0.5, 0.6) is 0 Å². The van der Waals surface area contributed by atoms with Gasteiger partial charge < -0.3 is 0 Å². The molecule has 0 radical (unpaired) electrons. The van der Waals surface area contributed by atoms with Gasteiger partial charge >= 0.3 is 0 Å². The number of hydrogen-bond donors (Lipinski definition) is 0. The van der Waals surface area contributed by atoms with Crippen LogP contribution in [-0.2, 0) is 6.42 Å². The fourth-order valence-corrected chi connectivity index (χ4v) is 2.87. The predicted molar refractivity (Wildman–Crippen MR) is 83.2 cm³/mol. The van der Waals surface area contributed by atoms with Crippen LogP contribution >= 0.6 is 0 Å². The Bertz CT molecular complexity index is 605. The Morgan fingerprint density at radius 1 is 1.00 bits per heavy atom. The van der Waals surface area contributed by atoms with Crippen molar-refractivity contribution in [3.05, 3.63) is 65.2 Å². The number of benzene rings is 2. The molecule has 3 rings (SSSR count). The highest BCUT2D eigenvalue weighted by Crippen LogP contribution is 2.38. The van der Waals surface area contributed by atoms with E-state index in [0.29, 0.717) is 0 Å². The van der Waals surface area contributed by atoms with Gasteiger partial charge in [0.2, 0.25) is 0 Å². The fraction of sp³-hybridized carbons (Fsp3) is 0.263. The molecule has 0 nitrogen and oxygen atoms in total. The first-order chi connectivity index (χ1) is 9.40. The van der Waals surface area contributed by atoms with Crippen molar-refractivity contribution in [2.45, 2.75) is 32.6 Å².